The summed E-state index contributed by atoms with van der Waals surface area (Å²) in [6.45, 7) is 9.11. The van der Waals surface area contributed by atoms with Crippen LogP contribution >= 0.6 is 0 Å². The molecule has 2 nitrogen and oxygen atoms in total. The van der Waals surface area contributed by atoms with Crippen molar-refractivity contribution in [2.24, 2.45) is 5.92 Å². The van der Waals surface area contributed by atoms with Gasteiger partial charge in [-0.15, -0.1) is 0 Å². The molecule has 0 saturated heterocycles. The van der Waals surface area contributed by atoms with Gasteiger partial charge in [-0.1, -0.05) is 40.0 Å². The fourth-order valence-corrected chi connectivity index (χ4v) is 1.95. The average Bonchev–Trinajstić information content (AvgIpc) is 2.16. The summed E-state index contributed by atoms with van der Waals surface area (Å²) in [5.74, 6) is 0.650. The summed E-state index contributed by atoms with van der Waals surface area (Å²) in [6.07, 6.45) is 6.18. The molecule has 0 spiro atoms. The summed E-state index contributed by atoms with van der Waals surface area (Å²) < 4.78 is 0. The van der Waals surface area contributed by atoms with Crippen LogP contribution in [0.5, 0.6) is 0 Å². The maximum absolute atomic E-state index is 9.23. The Bertz CT molecular complexity index is 136. The van der Waals surface area contributed by atoms with Crippen LogP contribution < -0.4 is 5.32 Å². The summed E-state index contributed by atoms with van der Waals surface area (Å²) in [4.78, 5) is 0. The first-order valence-electron chi connectivity index (χ1n) is 6.47. The van der Waals surface area contributed by atoms with Gasteiger partial charge < -0.3 is 10.4 Å². The van der Waals surface area contributed by atoms with E-state index in [2.05, 4.69) is 33.0 Å². The van der Waals surface area contributed by atoms with E-state index in [9.17, 15) is 5.11 Å². The topological polar surface area (TPSA) is 32.3 Å². The minimum Gasteiger partial charge on any atom is -0.395 e. The standard InChI is InChI=1S/C13H29NO/c1-5-6-7-8-12(4)14-13(10-15)9-11(2)3/h11-15H,5-10H2,1-4H3/t12-,13-/m1/s1. The molecule has 0 aliphatic heterocycles. The summed E-state index contributed by atoms with van der Waals surface area (Å²) in [7, 11) is 0. The van der Waals surface area contributed by atoms with E-state index in [4.69, 9.17) is 0 Å². The molecule has 2 atom stereocenters. The van der Waals surface area contributed by atoms with Crippen molar-refractivity contribution in [2.45, 2.75) is 71.9 Å². The third-order valence-electron chi connectivity index (χ3n) is 2.74. The Morgan fingerprint density at radius 2 is 1.80 bits per heavy atom. The van der Waals surface area contributed by atoms with E-state index in [0.717, 1.165) is 6.42 Å². The zero-order valence-corrected chi connectivity index (χ0v) is 10.9. The van der Waals surface area contributed by atoms with Crippen molar-refractivity contribution in [1.29, 1.82) is 0 Å². The highest BCUT2D eigenvalue weighted by molar-refractivity contribution is 4.72. The molecule has 0 bridgehead atoms. The number of aliphatic hydroxyl groups excluding tert-OH is 1. The van der Waals surface area contributed by atoms with Gasteiger partial charge in [0.25, 0.3) is 0 Å². The highest BCUT2D eigenvalue weighted by Gasteiger charge is 2.12. The van der Waals surface area contributed by atoms with Crippen LogP contribution in [0.3, 0.4) is 0 Å². The van der Waals surface area contributed by atoms with Crippen molar-refractivity contribution < 1.29 is 5.11 Å². The van der Waals surface area contributed by atoms with Gasteiger partial charge in [-0.25, -0.2) is 0 Å². The smallest absolute Gasteiger partial charge is 0.0584 e. The molecule has 0 fully saturated rings. The third kappa shape index (κ3) is 8.88. The van der Waals surface area contributed by atoms with E-state index in [1.807, 2.05) is 0 Å². The fraction of sp³-hybridized carbons (Fsp3) is 1.00. The Balaban J connectivity index is 3.65. The van der Waals surface area contributed by atoms with Gasteiger partial charge in [-0.2, -0.15) is 0 Å². The van der Waals surface area contributed by atoms with Crippen molar-refractivity contribution >= 4 is 0 Å². The van der Waals surface area contributed by atoms with Crippen molar-refractivity contribution in [1.82, 2.24) is 5.32 Å². The molecule has 0 saturated carbocycles. The first-order chi connectivity index (χ1) is 7.10. The summed E-state index contributed by atoms with van der Waals surface area (Å²) in [5.41, 5.74) is 0. The molecule has 0 aliphatic rings. The second kappa shape index (κ2) is 9.17. The van der Waals surface area contributed by atoms with E-state index >= 15 is 0 Å². The van der Waals surface area contributed by atoms with E-state index in [-0.39, 0.29) is 12.6 Å². The van der Waals surface area contributed by atoms with E-state index in [0.29, 0.717) is 12.0 Å². The van der Waals surface area contributed by atoms with Gasteiger partial charge in [-0.3, -0.25) is 0 Å². The second-order valence-electron chi connectivity index (χ2n) is 5.07. The lowest BCUT2D eigenvalue weighted by Crippen LogP contribution is -2.39. The number of unbranched alkanes of at least 4 members (excludes halogenated alkanes) is 2. The molecule has 0 aromatic rings. The molecular weight excluding hydrogens is 186 g/mol. The number of hydrogen-bond acceptors (Lipinski definition) is 2. The van der Waals surface area contributed by atoms with Crippen molar-refractivity contribution in [3.05, 3.63) is 0 Å². The maximum Gasteiger partial charge on any atom is 0.0584 e. The van der Waals surface area contributed by atoms with E-state index in [1.54, 1.807) is 0 Å². The SMILES string of the molecule is CCCCC[C@@H](C)N[C@@H](CO)CC(C)C. The van der Waals surface area contributed by atoms with Crippen molar-refractivity contribution in [2.75, 3.05) is 6.61 Å². The minimum absolute atomic E-state index is 0.260. The number of aliphatic hydroxyl groups is 1. The Labute approximate surface area is 95.5 Å². The molecule has 0 radical (unpaired) electrons. The van der Waals surface area contributed by atoms with Crippen LogP contribution in [0.2, 0.25) is 0 Å². The predicted molar refractivity (Wildman–Crippen MR) is 67.1 cm³/mol. The monoisotopic (exact) mass is 215 g/mol. The van der Waals surface area contributed by atoms with Crippen LogP contribution in [0.15, 0.2) is 0 Å². The molecule has 92 valence electrons. The lowest BCUT2D eigenvalue weighted by atomic mass is 10.0. The molecule has 0 aromatic carbocycles. The Morgan fingerprint density at radius 3 is 2.27 bits per heavy atom. The largest absolute Gasteiger partial charge is 0.395 e. The molecule has 0 aromatic heterocycles. The van der Waals surface area contributed by atoms with Crippen molar-refractivity contribution in [3.8, 4) is 0 Å². The van der Waals surface area contributed by atoms with Crippen LogP contribution in [-0.4, -0.2) is 23.8 Å². The average molecular weight is 215 g/mol. The van der Waals surface area contributed by atoms with E-state index in [1.165, 1.54) is 25.7 Å². The molecule has 0 rings (SSSR count). The Kier molecular flexibility index (Phi) is 9.12. The Morgan fingerprint density at radius 1 is 1.13 bits per heavy atom. The summed E-state index contributed by atoms with van der Waals surface area (Å²) >= 11 is 0. The zero-order chi connectivity index (χ0) is 11.7. The van der Waals surface area contributed by atoms with Gasteiger partial charge in [0.05, 0.1) is 6.61 Å². The van der Waals surface area contributed by atoms with Gasteiger partial charge in [-0.05, 0) is 25.7 Å². The molecule has 2 heteroatoms. The van der Waals surface area contributed by atoms with Gasteiger partial charge >= 0.3 is 0 Å². The highest BCUT2D eigenvalue weighted by Crippen LogP contribution is 2.08. The van der Waals surface area contributed by atoms with Crippen LogP contribution in [0.1, 0.15) is 59.8 Å². The lowest BCUT2D eigenvalue weighted by Gasteiger charge is -2.23. The van der Waals surface area contributed by atoms with Crippen LogP contribution in [0, 0.1) is 5.92 Å². The minimum atomic E-state index is 0.260. The maximum atomic E-state index is 9.23. The number of hydrogen-bond donors (Lipinski definition) is 2. The summed E-state index contributed by atoms with van der Waals surface area (Å²) in [5, 5.41) is 12.7. The van der Waals surface area contributed by atoms with Crippen LogP contribution in [0.4, 0.5) is 0 Å². The second-order valence-corrected chi connectivity index (χ2v) is 5.07. The fourth-order valence-electron chi connectivity index (χ4n) is 1.95. The molecule has 0 unspecified atom stereocenters. The van der Waals surface area contributed by atoms with Gasteiger partial charge in [0.1, 0.15) is 0 Å². The number of rotatable bonds is 9. The molecule has 0 amide bonds. The van der Waals surface area contributed by atoms with Gasteiger partial charge in [0.2, 0.25) is 0 Å². The number of nitrogens with one attached hydrogen (secondary N) is 1. The molecule has 0 aliphatic carbocycles. The van der Waals surface area contributed by atoms with Crippen LogP contribution in [0.25, 0.3) is 0 Å². The van der Waals surface area contributed by atoms with E-state index < -0.39 is 0 Å². The first-order valence-corrected chi connectivity index (χ1v) is 6.47. The van der Waals surface area contributed by atoms with Gasteiger partial charge in [0.15, 0.2) is 0 Å². The lowest BCUT2D eigenvalue weighted by molar-refractivity contribution is 0.212. The van der Waals surface area contributed by atoms with Crippen molar-refractivity contribution in [3.63, 3.8) is 0 Å². The molecular formula is C13H29NO. The Hall–Kier alpha value is -0.0800. The normalized spacial score (nSPS) is 15.6. The molecule has 0 heterocycles. The summed E-state index contributed by atoms with van der Waals surface area (Å²) in [6, 6.07) is 0.814. The predicted octanol–water partition coefficient (Wildman–Crippen LogP) is 2.95. The first kappa shape index (κ1) is 14.9. The van der Waals surface area contributed by atoms with Gasteiger partial charge in [0, 0.05) is 12.1 Å². The highest BCUT2D eigenvalue weighted by atomic mass is 16.3. The zero-order valence-electron chi connectivity index (χ0n) is 10.9. The van der Waals surface area contributed by atoms with Crippen LogP contribution in [-0.2, 0) is 0 Å². The quantitative estimate of drug-likeness (QED) is 0.580. The third-order valence-corrected chi connectivity index (χ3v) is 2.74. The molecule has 2 N–H and O–H groups in total. The molecule has 15 heavy (non-hydrogen) atoms.